The van der Waals surface area contributed by atoms with Crippen LogP contribution in [0.15, 0.2) is 48.5 Å². The van der Waals surface area contributed by atoms with Crippen LogP contribution in [-0.4, -0.2) is 41.1 Å². The summed E-state index contributed by atoms with van der Waals surface area (Å²) in [5, 5.41) is 32.5. The van der Waals surface area contributed by atoms with Crippen LogP contribution in [0.25, 0.3) is 0 Å². The summed E-state index contributed by atoms with van der Waals surface area (Å²) in [5.41, 5.74) is 1.82. The molecule has 0 aromatic heterocycles. The molecule has 5 heteroatoms. The number of aliphatic hydroxyl groups is 1. The Labute approximate surface area is 168 Å². The molecule has 2 rings (SSSR count). The number of phenolic OH excluding ortho intramolecular Hbond substituents is 2. The molecule has 0 saturated heterocycles. The van der Waals surface area contributed by atoms with Gasteiger partial charge in [0, 0.05) is 25.3 Å². The van der Waals surface area contributed by atoms with Gasteiger partial charge in [-0.3, -0.25) is 0 Å². The first-order valence-electron chi connectivity index (χ1n) is 10.1. The maximum atomic E-state index is 10.2. The van der Waals surface area contributed by atoms with Crippen LogP contribution < -0.4 is 5.32 Å². The molecule has 4 N–H and O–H groups in total. The summed E-state index contributed by atoms with van der Waals surface area (Å²) in [6.45, 7) is 4.05. The third-order valence-corrected chi connectivity index (χ3v) is 4.77. The van der Waals surface area contributed by atoms with Crippen LogP contribution in [0.2, 0.25) is 0 Å². The number of hydrogen-bond donors (Lipinski definition) is 4. The second kappa shape index (κ2) is 12.4. The lowest BCUT2D eigenvalue weighted by molar-refractivity contribution is 0.132. The first-order chi connectivity index (χ1) is 13.5. The van der Waals surface area contributed by atoms with Gasteiger partial charge in [0.2, 0.25) is 0 Å². The van der Waals surface area contributed by atoms with Crippen molar-refractivity contribution >= 4 is 0 Å². The van der Waals surface area contributed by atoms with Gasteiger partial charge < -0.3 is 25.4 Å². The van der Waals surface area contributed by atoms with Gasteiger partial charge in [0.05, 0.1) is 12.7 Å². The molecular weight excluding hydrogens is 354 g/mol. The fourth-order valence-corrected chi connectivity index (χ4v) is 3.11. The van der Waals surface area contributed by atoms with Crippen LogP contribution in [-0.2, 0) is 11.2 Å². The largest absolute Gasteiger partial charge is 0.508 e. The standard InChI is InChI=1S/C23H33NO4/c1-18(24-17-23(27)20-14-21(25)16-22(26)15-20)8-4-3-7-12-28-13-11-19-9-5-2-6-10-19/h2,5-6,9-10,14-16,18,23-27H,3-4,7-8,11-13,17H2,1H3. The Morgan fingerprint density at radius 1 is 0.929 bits per heavy atom. The Balaban J connectivity index is 1.49. The lowest BCUT2D eigenvalue weighted by atomic mass is 10.1. The Morgan fingerprint density at radius 3 is 2.36 bits per heavy atom. The third kappa shape index (κ3) is 8.74. The number of unbranched alkanes of at least 4 members (excludes halogenated alkanes) is 2. The number of rotatable bonds is 13. The zero-order valence-corrected chi connectivity index (χ0v) is 16.7. The summed E-state index contributed by atoms with van der Waals surface area (Å²) >= 11 is 0. The highest BCUT2D eigenvalue weighted by atomic mass is 16.5. The van der Waals surface area contributed by atoms with E-state index in [0.29, 0.717) is 18.2 Å². The molecule has 5 nitrogen and oxygen atoms in total. The number of benzene rings is 2. The molecule has 2 aromatic rings. The van der Waals surface area contributed by atoms with Crippen LogP contribution in [0.5, 0.6) is 11.5 Å². The van der Waals surface area contributed by atoms with Crippen molar-refractivity contribution in [2.24, 2.45) is 0 Å². The molecule has 28 heavy (non-hydrogen) atoms. The van der Waals surface area contributed by atoms with Crippen LogP contribution >= 0.6 is 0 Å². The highest BCUT2D eigenvalue weighted by Gasteiger charge is 2.11. The molecule has 2 atom stereocenters. The summed E-state index contributed by atoms with van der Waals surface area (Å²) in [6, 6.07) is 14.8. The molecule has 0 heterocycles. The van der Waals surface area contributed by atoms with E-state index < -0.39 is 6.10 Å². The number of ether oxygens (including phenoxy) is 1. The van der Waals surface area contributed by atoms with Crippen molar-refractivity contribution in [3.8, 4) is 11.5 Å². The molecule has 0 aliphatic carbocycles. The van der Waals surface area contributed by atoms with Crippen molar-refractivity contribution in [1.82, 2.24) is 5.32 Å². The van der Waals surface area contributed by atoms with Crippen molar-refractivity contribution < 1.29 is 20.1 Å². The number of aromatic hydroxyl groups is 2. The van der Waals surface area contributed by atoms with E-state index >= 15 is 0 Å². The predicted molar refractivity (Wildman–Crippen MR) is 112 cm³/mol. The fraction of sp³-hybridized carbons (Fsp3) is 0.478. The number of nitrogens with one attached hydrogen (secondary N) is 1. The van der Waals surface area contributed by atoms with E-state index in [1.54, 1.807) is 0 Å². The smallest absolute Gasteiger partial charge is 0.119 e. The van der Waals surface area contributed by atoms with E-state index in [2.05, 4.69) is 36.5 Å². The summed E-state index contributed by atoms with van der Waals surface area (Å²) < 4.78 is 5.70. The lowest BCUT2D eigenvalue weighted by Gasteiger charge is -2.17. The van der Waals surface area contributed by atoms with Gasteiger partial charge in [-0.1, -0.05) is 43.2 Å². The van der Waals surface area contributed by atoms with Gasteiger partial charge in [0.15, 0.2) is 0 Å². The normalized spacial score (nSPS) is 13.4. The van der Waals surface area contributed by atoms with E-state index in [0.717, 1.165) is 45.3 Å². The minimum absolute atomic E-state index is 0.0481. The maximum Gasteiger partial charge on any atom is 0.119 e. The monoisotopic (exact) mass is 387 g/mol. The van der Waals surface area contributed by atoms with E-state index in [4.69, 9.17) is 4.74 Å². The molecule has 0 saturated carbocycles. The second-order valence-electron chi connectivity index (χ2n) is 7.31. The van der Waals surface area contributed by atoms with Crippen molar-refractivity contribution in [1.29, 1.82) is 0 Å². The topological polar surface area (TPSA) is 82.0 Å². The van der Waals surface area contributed by atoms with Crippen molar-refractivity contribution in [2.45, 2.75) is 51.2 Å². The van der Waals surface area contributed by atoms with E-state index in [9.17, 15) is 15.3 Å². The van der Waals surface area contributed by atoms with Crippen molar-refractivity contribution in [3.05, 3.63) is 59.7 Å². The molecule has 154 valence electrons. The fourth-order valence-electron chi connectivity index (χ4n) is 3.11. The van der Waals surface area contributed by atoms with Gasteiger partial charge in [0.25, 0.3) is 0 Å². The first kappa shape index (κ1) is 22.2. The Morgan fingerprint density at radius 2 is 1.64 bits per heavy atom. The van der Waals surface area contributed by atoms with Crippen LogP contribution in [0, 0.1) is 0 Å². The number of aliphatic hydroxyl groups excluding tert-OH is 1. The Hall–Kier alpha value is -2.08. The quantitative estimate of drug-likeness (QED) is 0.392. The van der Waals surface area contributed by atoms with Crippen molar-refractivity contribution in [3.63, 3.8) is 0 Å². The lowest BCUT2D eigenvalue weighted by Crippen LogP contribution is -2.30. The van der Waals surface area contributed by atoms with Gasteiger partial charge >= 0.3 is 0 Å². The zero-order chi connectivity index (χ0) is 20.2. The van der Waals surface area contributed by atoms with Crippen LogP contribution in [0.1, 0.15) is 49.8 Å². The SMILES string of the molecule is CC(CCCCCOCCc1ccccc1)NCC(O)c1cc(O)cc(O)c1. The zero-order valence-electron chi connectivity index (χ0n) is 16.7. The Bertz CT molecular complexity index is 657. The molecular formula is C23H33NO4. The molecule has 0 aliphatic heterocycles. The molecule has 2 unspecified atom stereocenters. The average molecular weight is 388 g/mol. The molecule has 0 radical (unpaired) electrons. The number of phenols is 2. The highest BCUT2D eigenvalue weighted by Crippen LogP contribution is 2.24. The van der Waals surface area contributed by atoms with E-state index in [1.807, 2.05) is 6.07 Å². The second-order valence-corrected chi connectivity index (χ2v) is 7.31. The van der Waals surface area contributed by atoms with Crippen LogP contribution in [0.4, 0.5) is 0 Å². The third-order valence-electron chi connectivity index (χ3n) is 4.77. The van der Waals surface area contributed by atoms with Crippen LogP contribution in [0.3, 0.4) is 0 Å². The molecule has 2 aromatic carbocycles. The molecule has 0 bridgehead atoms. The van der Waals surface area contributed by atoms with E-state index in [-0.39, 0.29) is 11.5 Å². The van der Waals surface area contributed by atoms with Gasteiger partial charge in [0.1, 0.15) is 11.5 Å². The summed E-state index contributed by atoms with van der Waals surface area (Å²) in [5.74, 6) is -0.0961. The summed E-state index contributed by atoms with van der Waals surface area (Å²) in [4.78, 5) is 0. The minimum atomic E-state index is -0.765. The van der Waals surface area contributed by atoms with E-state index in [1.165, 1.54) is 23.8 Å². The summed E-state index contributed by atoms with van der Waals surface area (Å²) in [7, 11) is 0. The Kier molecular flexibility index (Phi) is 9.83. The highest BCUT2D eigenvalue weighted by molar-refractivity contribution is 5.37. The molecule has 0 spiro atoms. The molecule has 0 amide bonds. The van der Waals surface area contributed by atoms with Gasteiger partial charge in [-0.25, -0.2) is 0 Å². The van der Waals surface area contributed by atoms with Gasteiger partial charge in [-0.05, 0) is 49.4 Å². The van der Waals surface area contributed by atoms with Gasteiger partial charge in [-0.2, -0.15) is 0 Å². The first-order valence-corrected chi connectivity index (χ1v) is 10.1. The average Bonchev–Trinajstić information content (AvgIpc) is 2.68. The predicted octanol–water partition coefficient (Wildman–Crippen LogP) is 3.93. The minimum Gasteiger partial charge on any atom is -0.508 e. The number of hydrogen-bond acceptors (Lipinski definition) is 5. The molecule has 0 fully saturated rings. The maximum absolute atomic E-state index is 10.2. The van der Waals surface area contributed by atoms with Gasteiger partial charge in [-0.15, -0.1) is 0 Å². The summed E-state index contributed by atoms with van der Waals surface area (Å²) in [6.07, 6.45) is 4.52. The molecule has 0 aliphatic rings. The van der Waals surface area contributed by atoms with Crippen molar-refractivity contribution in [2.75, 3.05) is 19.8 Å².